The summed E-state index contributed by atoms with van der Waals surface area (Å²) in [4.78, 5) is 0. The highest BCUT2D eigenvalue weighted by molar-refractivity contribution is 5.25. The van der Waals surface area contributed by atoms with Crippen molar-refractivity contribution in [1.29, 1.82) is 0 Å². The van der Waals surface area contributed by atoms with Gasteiger partial charge in [0.05, 0.1) is 0 Å². The van der Waals surface area contributed by atoms with Crippen molar-refractivity contribution in [2.75, 3.05) is 13.1 Å². The largest absolute Gasteiger partial charge is 0.324 e. The molecule has 3 N–H and O–H groups in total. The quantitative estimate of drug-likeness (QED) is 0.838. The molecule has 0 radical (unpaired) electrons. The fraction of sp³-hybridized carbons (Fsp3) is 0.625. The van der Waals surface area contributed by atoms with E-state index in [2.05, 4.69) is 36.5 Å². The van der Waals surface area contributed by atoms with Crippen LogP contribution in [-0.2, 0) is 6.42 Å². The van der Waals surface area contributed by atoms with E-state index in [1.54, 1.807) is 0 Å². The SMILES string of the molecule is CCCc1ccc(C(N)CC2CCNCC2)cc1. The molecule has 0 aromatic heterocycles. The van der Waals surface area contributed by atoms with Crippen LogP contribution in [0.15, 0.2) is 24.3 Å². The van der Waals surface area contributed by atoms with Gasteiger partial charge in [0.1, 0.15) is 0 Å². The van der Waals surface area contributed by atoms with Crippen molar-refractivity contribution >= 4 is 0 Å². The summed E-state index contributed by atoms with van der Waals surface area (Å²) in [5, 5.41) is 3.41. The summed E-state index contributed by atoms with van der Waals surface area (Å²) in [5.41, 5.74) is 9.06. The second kappa shape index (κ2) is 6.91. The van der Waals surface area contributed by atoms with Crippen LogP contribution in [0.25, 0.3) is 0 Å². The van der Waals surface area contributed by atoms with Crippen LogP contribution in [0.2, 0.25) is 0 Å². The highest BCUT2D eigenvalue weighted by Gasteiger charge is 2.17. The molecule has 2 nitrogen and oxygen atoms in total. The van der Waals surface area contributed by atoms with E-state index in [0.29, 0.717) is 0 Å². The second-order valence-electron chi connectivity index (χ2n) is 5.53. The maximum atomic E-state index is 6.33. The monoisotopic (exact) mass is 246 g/mol. The van der Waals surface area contributed by atoms with Gasteiger partial charge in [-0.2, -0.15) is 0 Å². The van der Waals surface area contributed by atoms with Gasteiger partial charge in [-0.3, -0.25) is 0 Å². The molecule has 0 spiro atoms. The van der Waals surface area contributed by atoms with Crippen LogP contribution in [0.4, 0.5) is 0 Å². The van der Waals surface area contributed by atoms with Gasteiger partial charge >= 0.3 is 0 Å². The first-order valence-corrected chi connectivity index (χ1v) is 7.34. The molecule has 2 heteroatoms. The number of rotatable bonds is 5. The van der Waals surface area contributed by atoms with Crippen LogP contribution in [-0.4, -0.2) is 13.1 Å². The van der Waals surface area contributed by atoms with Gasteiger partial charge in [0.15, 0.2) is 0 Å². The Morgan fingerprint density at radius 2 is 1.89 bits per heavy atom. The van der Waals surface area contributed by atoms with E-state index in [1.807, 2.05) is 0 Å². The van der Waals surface area contributed by atoms with Crippen molar-refractivity contribution in [3.63, 3.8) is 0 Å². The Labute approximate surface area is 111 Å². The third-order valence-electron chi connectivity index (χ3n) is 3.99. The van der Waals surface area contributed by atoms with E-state index in [4.69, 9.17) is 5.73 Å². The predicted octanol–water partition coefficient (Wildman–Crippen LogP) is 3.03. The Bertz CT molecular complexity index is 339. The Hall–Kier alpha value is -0.860. The molecule has 1 aliphatic rings. The topological polar surface area (TPSA) is 38.0 Å². The average molecular weight is 246 g/mol. The normalized spacial score (nSPS) is 18.8. The summed E-state index contributed by atoms with van der Waals surface area (Å²) in [6.45, 7) is 4.54. The first-order valence-electron chi connectivity index (χ1n) is 7.34. The molecule has 0 amide bonds. The molecule has 0 bridgehead atoms. The summed E-state index contributed by atoms with van der Waals surface area (Å²) in [5.74, 6) is 0.802. The smallest absolute Gasteiger partial charge is 0.0297 e. The molecule has 100 valence electrons. The third kappa shape index (κ3) is 3.82. The van der Waals surface area contributed by atoms with Crippen LogP contribution in [0.3, 0.4) is 0 Å². The molecule has 1 fully saturated rings. The first-order chi connectivity index (χ1) is 8.79. The highest BCUT2D eigenvalue weighted by Crippen LogP contribution is 2.25. The molecule has 0 aliphatic carbocycles. The molecule has 1 saturated heterocycles. The zero-order valence-corrected chi connectivity index (χ0v) is 11.5. The maximum absolute atomic E-state index is 6.33. The minimum Gasteiger partial charge on any atom is -0.324 e. The standard InChI is InChI=1S/C16H26N2/c1-2-3-13-4-6-15(7-5-13)16(17)12-14-8-10-18-11-9-14/h4-7,14,16,18H,2-3,8-12,17H2,1H3. The molecule has 2 rings (SSSR count). The molecule has 1 aliphatic heterocycles. The number of nitrogens with two attached hydrogens (primary N) is 1. The van der Waals surface area contributed by atoms with Gasteiger partial charge in [0.25, 0.3) is 0 Å². The minimum absolute atomic E-state index is 0.212. The van der Waals surface area contributed by atoms with Crippen molar-refractivity contribution in [3.8, 4) is 0 Å². The van der Waals surface area contributed by atoms with Crippen LogP contribution >= 0.6 is 0 Å². The second-order valence-corrected chi connectivity index (χ2v) is 5.53. The zero-order chi connectivity index (χ0) is 12.8. The third-order valence-corrected chi connectivity index (χ3v) is 3.99. The lowest BCUT2D eigenvalue weighted by atomic mass is 9.88. The van der Waals surface area contributed by atoms with Gasteiger partial charge in [-0.15, -0.1) is 0 Å². The Morgan fingerprint density at radius 3 is 2.50 bits per heavy atom. The lowest BCUT2D eigenvalue weighted by molar-refractivity contribution is 0.333. The molecular weight excluding hydrogens is 220 g/mol. The van der Waals surface area contributed by atoms with E-state index in [9.17, 15) is 0 Å². The van der Waals surface area contributed by atoms with Gasteiger partial charge < -0.3 is 11.1 Å². The molecular formula is C16H26N2. The van der Waals surface area contributed by atoms with Gasteiger partial charge in [0.2, 0.25) is 0 Å². The molecule has 0 saturated carbocycles. The molecule has 1 atom stereocenters. The lowest BCUT2D eigenvalue weighted by Gasteiger charge is -2.25. The van der Waals surface area contributed by atoms with Crippen molar-refractivity contribution < 1.29 is 0 Å². The van der Waals surface area contributed by atoms with E-state index < -0.39 is 0 Å². The number of piperidine rings is 1. The summed E-state index contributed by atoms with van der Waals surface area (Å²) in [6.07, 6.45) is 6.07. The fourth-order valence-corrected chi connectivity index (χ4v) is 2.83. The van der Waals surface area contributed by atoms with E-state index in [0.717, 1.165) is 25.4 Å². The summed E-state index contributed by atoms with van der Waals surface area (Å²) < 4.78 is 0. The fourth-order valence-electron chi connectivity index (χ4n) is 2.83. The van der Waals surface area contributed by atoms with Crippen LogP contribution in [0.1, 0.15) is 49.8 Å². The molecule has 18 heavy (non-hydrogen) atoms. The Kier molecular flexibility index (Phi) is 5.21. The van der Waals surface area contributed by atoms with Crippen molar-refractivity contribution in [2.24, 2.45) is 11.7 Å². The van der Waals surface area contributed by atoms with Crippen LogP contribution in [0, 0.1) is 5.92 Å². The van der Waals surface area contributed by atoms with Crippen molar-refractivity contribution in [3.05, 3.63) is 35.4 Å². The minimum atomic E-state index is 0.212. The Morgan fingerprint density at radius 1 is 1.22 bits per heavy atom. The maximum Gasteiger partial charge on any atom is 0.0297 e. The molecule has 1 unspecified atom stereocenters. The Balaban J connectivity index is 1.89. The summed E-state index contributed by atoms with van der Waals surface area (Å²) in [7, 11) is 0. The predicted molar refractivity (Wildman–Crippen MR) is 77.6 cm³/mol. The van der Waals surface area contributed by atoms with Gasteiger partial charge in [-0.1, -0.05) is 37.6 Å². The highest BCUT2D eigenvalue weighted by atomic mass is 14.9. The summed E-state index contributed by atoms with van der Waals surface area (Å²) in [6, 6.07) is 9.12. The molecule has 1 heterocycles. The van der Waals surface area contributed by atoms with E-state index >= 15 is 0 Å². The number of benzene rings is 1. The lowest BCUT2D eigenvalue weighted by Crippen LogP contribution is -2.29. The van der Waals surface area contributed by atoms with E-state index in [-0.39, 0.29) is 6.04 Å². The summed E-state index contributed by atoms with van der Waals surface area (Å²) >= 11 is 0. The zero-order valence-electron chi connectivity index (χ0n) is 11.5. The number of hydrogen-bond acceptors (Lipinski definition) is 2. The van der Waals surface area contributed by atoms with Gasteiger partial charge in [-0.05, 0) is 55.8 Å². The van der Waals surface area contributed by atoms with Crippen molar-refractivity contribution in [1.82, 2.24) is 5.32 Å². The average Bonchev–Trinajstić information content (AvgIpc) is 2.41. The van der Waals surface area contributed by atoms with Gasteiger partial charge in [0, 0.05) is 6.04 Å². The number of aryl methyl sites for hydroxylation is 1. The van der Waals surface area contributed by atoms with Gasteiger partial charge in [-0.25, -0.2) is 0 Å². The molecule has 1 aromatic carbocycles. The molecule has 1 aromatic rings. The van der Waals surface area contributed by atoms with E-state index in [1.165, 1.54) is 36.8 Å². The van der Waals surface area contributed by atoms with Crippen LogP contribution < -0.4 is 11.1 Å². The first kappa shape index (κ1) is 13.6. The number of nitrogens with one attached hydrogen (secondary N) is 1. The number of hydrogen-bond donors (Lipinski definition) is 2. The van der Waals surface area contributed by atoms with Crippen LogP contribution in [0.5, 0.6) is 0 Å². The van der Waals surface area contributed by atoms with Crippen molar-refractivity contribution in [2.45, 2.75) is 45.1 Å².